The summed E-state index contributed by atoms with van der Waals surface area (Å²) in [6, 6.07) is 4.69. The Labute approximate surface area is 131 Å². The van der Waals surface area contributed by atoms with E-state index in [1.165, 1.54) is 0 Å². The molecule has 5 nitrogen and oxygen atoms in total. The number of carboxylic acids is 1. The third kappa shape index (κ3) is 2.83. The molecule has 24 heavy (non-hydrogen) atoms. The quantitative estimate of drug-likeness (QED) is 0.746. The van der Waals surface area contributed by atoms with Gasteiger partial charge in [0.05, 0.1) is 5.69 Å². The monoisotopic (exact) mass is 337 g/mol. The van der Waals surface area contributed by atoms with Gasteiger partial charge in [0, 0.05) is 17.7 Å². The maximum atomic E-state index is 13.5. The van der Waals surface area contributed by atoms with Crippen molar-refractivity contribution in [2.45, 2.75) is 0 Å². The van der Waals surface area contributed by atoms with Crippen LogP contribution in [0.1, 0.15) is 10.5 Å². The van der Waals surface area contributed by atoms with Crippen molar-refractivity contribution in [1.29, 1.82) is 0 Å². The summed E-state index contributed by atoms with van der Waals surface area (Å²) in [5.74, 6) is -5.31. The minimum atomic E-state index is -1.52. The lowest BCUT2D eigenvalue weighted by atomic mass is 10.1. The van der Waals surface area contributed by atoms with E-state index in [4.69, 9.17) is 0 Å². The third-order valence-electron chi connectivity index (χ3n) is 3.10. The summed E-state index contributed by atoms with van der Waals surface area (Å²) in [6.07, 6.45) is 0. The van der Waals surface area contributed by atoms with Crippen LogP contribution in [0.4, 0.5) is 17.6 Å². The van der Waals surface area contributed by atoms with Crippen molar-refractivity contribution in [3.8, 4) is 16.9 Å². The molecule has 0 saturated carbocycles. The first-order chi connectivity index (χ1) is 11.3. The molecule has 9 heteroatoms. The molecule has 0 aliphatic heterocycles. The van der Waals surface area contributed by atoms with Crippen molar-refractivity contribution in [2.24, 2.45) is 0 Å². The molecule has 2 aromatic carbocycles. The summed E-state index contributed by atoms with van der Waals surface area (Å²) in [5, 5.41) is 16.1. The summed E-state index contributed by atoms with van der Waals surface area (Å²) in [4.78, 5) is 11.3. The van der Waals surface area contributed by atoms with E-state index in [1.807, 2.05) is 0 Å². The number of benzene rings is 2. The van der Waals surface area contributed by atoms with Gasteiger partial charge in [-0.25, -0.2) is 27.0 Å². The van der Waals surface area contributed by atoms with E-state index in [0.717, 1.165) is 28.9 Å². The smallest absolute Gasteiger partial charge is 0.358 e. The Balaban J connectivity index is 2.30. The first kappa shape index (κ1) is 15.7. The van der Waals surface area contributed by atoms with E-state index in [9.17, 15) is 27.5 Å². The largest absolute Gasteiger partial charge is 0.476 e. The van der Waals surface area contributed by atoms with Crippen LogP contribution in [0.25, 0.3) is 16.9 Å². The number of nitrogens with zero attached hydrogens (tertiary/aromatic N) is 3. The van der Waals surface area contributed by atoms with E-state index in [2.05, 4.69) is 10.3 Å². The van der Waals surface area contributed by atoms with Crippen LogP contribution in [0, 0.1) is 23.3 Å². The Morgan fingerprint density at radius 1 is 0.875 bits per heavy atom. The predicted molar refractivity (Wildman–Crippen MR) is 73.6 cm³/mol. The van der Waals surface area contributed by atoms with Crippen molar-refractivity contribution in [3.63, 3.8) is 0 Å². The van der Waals surface area contributed by atoms with Crippen molar-refractivity contribution in [2.75, 3.05) is 0 Å². The van der Waals surface area contributed by atoms with Gasteiger partial charge in [0.25, 0.3) is 0 Å². The van der Waals surface area contributed by atoms with Crippen LogP contribution in [0.2, 0.25) is 0 Å². The van der Waals surface area contributed by atoms with Crippen molar-refractivity contribution in [3.05, 3.63) is 65.4 Å². The maximum absolute atomic E-state index is 13.5. The lowest BCUT2D eigenvalue weighted by Gasteiger charge is -2.08. The second kappa shape index (κ2) is 5.76. The molecule has 3 aromatic rings. The summed E-state index contributed by atoms with van der Waals surface area (Å²) >= 11 is 0. The van der Waals surface area contributed by atoms with E-state index in [1.54, 1.807) is 0 Å². The zero-order chi connectivity index (χ0) is 17.4. The number of hydrogen-bond donors (Lipinski definition) is 1. The Hall–Kier alpha value is -3.23. The number of aromatic nitrogens is 3. The van der Waals surface area contributed by atoms with Gasteiger partial charge in [-0.05, 0) is 24.3 Å². The van der Waals surface area contributed by atoms with Gasteiger partial charge >= 0.3 is 5.97 Å². The Morgan fingerprint density at radius 3 is 1.88 bits per heavy atom. The summed E-state index contributed by atoms with van der Waals surface area (Å²) in [6.45, 7) is 0. The fraction of sp³-hybridized carbons (Fsp3) is 0. The van der Waals surface area contributed by atoms with Crippen LogP contribution < -0.4 is 0 Å². The van der Waals surface area contributed by atoms with E-state index < -0.39 is 34.9 Å². The highest BCUT2D eigenvalue weighted by atomic mass is 19.1. The average Bonchev–Trinajstić information content (AvgIpc) is 2.90. The lowest BCUT2D eigenvalue weighted by molar-refractivity contribution is 0.0691. The molecule has 1 aromatic heterocycles. The van der Waals surface area contributed by atoms with Gasteiger partial charge in [0.2, 0.25) is 0 Å². The second-order valence-electron chi connectivity index (χ2n) is 4.79. The Morgan fingerprint density at radius 2 is 1.38 bits per heavy atom. The highest BCUT2D eigenvalue weighted by molar-refractivity contribution is 5.93. The van der Waals surface area contributed by atoms with Crippen molar-refractivity contribution >= 4 is 5.97 Å². The molecule has 3 rings (SSSR count). The lowest BCUT2D eigenvalue weighted by Crippen LogP contribution is -2.04. The second-order valence-corrected chi connectivity index (χ2v) is 4.79. The molecule has 0 amide bonds. The molecule has 0 spiro atoms. The molecule has 1 heterocycles. The number of carboxylic acid groups (broad SMARTS) is 1. The molecule has 0 saturated heterocycles. The molecule has 0 radical (unpaired) electrons. The van der Waals surface area contributed by atoms with Crippen LogP contribution in [-0.4, -0.2) is 26.1 Å². The van der Waals surface area contributed by atoms with Crippen LogP contribution in [0.3, 0.4) is 0 Å². The molecule has 0 atom stereocenters. The fourth-order valence-electron chi connectivity index (χ4n) is 2.22. The number of aromatic carboxylic acids is 1. The molecule has 0 unspecified atom stereocenters. The normalized spacial score (nSPS) is 10.8. The Bertz CT molecular complexity index is 915. The van der Waals surface area contributed by atoms with E-state index >= 15 is 0 Å². The molecule has 0 fully saturated rings. The van der Waals surface area contributed by atoms with Gasteiger partial charge in [0.1, 0.15) is 29.0 Å². The summed E-state index contributed by atoms with van der Waals surface area (Å²) in [5.41, 5.74) is -1.32. The molecule has 0 bridgehead atoms. The molecular weight excluding hydrogens is 330 g/mol. The first-order valence-electron chi connectivity index (χ1n) is 6.47. The number of rotatable bonds is 3. The number of hydrogen-bond acceptors (Lipinski definition) is 3. The predicted octanol–water partition coefficient (Wildman–Crippen LogP) is 3.19. The van der Waals surface area contributed by atoms with Crippen LogP contribution >= 0.6 is 0 Å². The van der Waals surface area contributed by atoms with Crippen LogP contribution in [-0.2, 0) is 0 Å². The minimum absolute atomic E-state index is 0.188. The number of carbonyl (C=O) groups is 1. The molecule has 1 N–H and O–H groups in total. The van der Waals surface area contributed by atoms with Crippen LogP contribution in [0.5, 0.6) is 0 Å². The van der Waals surface area contributed by atoms with Gasteiger partial charge in [-0.15, -0.1) is 5.10 Å². The SMILES string of the molecule is O=C(O)c1nnn(-c2cc(F)cc(F)c2)c1-c1cc(F)cc(F)c1. The van der Waals surface area contributed by atoms with E-state index in [-0.39, 0.29) is 16.9 Å². The van der Waals surface area contributed by atoms with Gasteiger partial charge in [-0.2, -0.15) is 0 Å². The van der Waals surface area contributed by atoms with Crippen LogP contribution in [0.15, 0.2) is 36.4 Å². The zero-order valence-electron chi connectivity index (χ0n) is 11.7. The van der Waals surface area contributed by atoms with Crippen molar-refractivity contribution in [1.82, 2.24) is 15.0 Å². The molecule has 0 aliphatic rings. The highest BCUT2D eigenvalue weighted by Gasteiger charge is 2.23. The summed E-state index contributed by atoms with van der Waals surface area (Å²) in [7, 11) is 0. The van der Waals surface area contributed by atoms with E-state index in [0.29, 0.717) is 12.1 Å². The topological polar surface area (TPSA) is 68.0 Å². The van der Waals surface area contributed by atoms with Crippen molar-refractivity contribution < 1.29 is 27.5 Å². The van der Waals surface area contributed by atoms with Gasteiger partial charge in [0.15, 0.2) is 5.69 Å². The Kier molecular flexibility index (Phi) is 3.76. The maximum Gasteiger partial charge on any atom is 0.358 e. The zero-order valence-corrected chi connectivity index (χ0v) is 11.7. The minimum Gasteiger partial charge on any atom is -0.476 e. The standard InChI is InChI=1S/C15H7F4N3O2/c16-8-1-7(2-9(17)3-8)14-13(15(23)24)20-21-22(14)12-5-10(18)4-11(19)6-12/h1-6H,(H,23,24). The third-order valence-corrected chi connectivity index (χ3v) is 3.10. The summed E-state index contributed by atoms with van der Waals surface area (Å²) < 4.78 is 54.5. The fourth-order valence-corrected chi connectivity index (χ4v) is 2.22. The molecule has 0 aliphatic carbocycles. The molecule has 122 valence electrons. The average molecular weight is 337 g/mol. The highest BCUT2D eigenvalue weighted by Crippen LogP contribution is 2.27. The first-order valence-corrected chi connectivity index (χ1v) is 6.47. The number of halogens is 4. The van der Waals surface area contributed by atoms with Gasteiger partial charge in [-0.1, -0.05) is 5.21 Å². The van der Waals surface area contributed by atoms with Gasteiger partial charge < -0.3 is 5.11 Å². The van der Waals surface area contributed by atoms with Gasteiger partial charge in [-0.3, -0.25) is 0 Å². The molecular formula is C15H7F4N3O2.